The number of hydrogen-bond acceptors (Lipinski definition) is 4. The van der Waals surface area contributed by atoms with Crippen LogP contribution in [0, 0.1) is 0 Å². The molecule has 0 radical (unpaired) electrons. The first-order valence-corrected chi connectivity index (χ1v) is 9.60. The Morgan fingerprint density at radius 3 is 2.29 bits per heavy atom. The molecular weight excluding hydrogens is 378 g/mol. The van der Waals surface area contributed by atoms with Crippen LogP contribution >= 0.6 is 11.6 Å². The number of carbonyl (C=O) groups excluding carboxylic acids is 2. The van der Waals surface area contributed by atoms with E-state index in [1.165, 1.54) is 0 Å². The topological polar surface area (TPSA) is 72.9 Å². The Labute approximate surface area is 169 Å². The Hall–Kier alpha value is -2.41. The van der Waals surface area contributed by atoms with Gasteiger partial charge in [-0.3, -0.25) is 19.7 Å². The number of nitrogens with one attached hydrogen (secondary N) is 1. The summed E-state index contributed by atoms with van der Waals surface area (Å²) in [5, 5.41) is 9.26. The highest BCUT2D eigenvalue weighted by atomic mass is 35.5. The fourth-order valence-electron chi connectivity index (χ4n) is 3.82. The molecule has 6 nitrogen and oxygen atoms in total. The molecule has 0 bridgehead atoms. The van der Waals surface area contributed by atoms with Crippen molar-refractivity contribution in [2.24, 2.45) is 0 Å². The number of rotatable bonds is 4. The smallest absolute Gasteiger partial charge is 0.274 e. The number of hydrogen-bond donors (Lipinski definition) is 2. The van der Waals surface area contributed by atoms with E-state index >= 15 is 0 Å². The minimum atomic E-state index is -0.526. The molecule has 1 saturated heterocycles. The lowest BCUT2D eigenvalue weighted by Crippen LogP contribution is -2.58. The van der Waals surface area contributed by atoms with Gasteiger partial charge in [0.1, 0.15) is 0 Å². The lowest BCUT2D eigenvalue weighted by atomic mass is 10.0. The summed E-state index contributed by atoms with van der Waals surface area (Å²) in [6.07, 6.45) is 0. The van der Waals surface area contributed by atoms with Gasteiger partial charge in [-0.1, -0.05) is 29.8 Å². The molecule has 3 rings (SSSR count). The summed E-state index contributed by atoms with van der Waals surface area (Å²) in [6.45, 7) is 6.36. The molecular formula is C21H24ClN3O3. The maximum Gasteiger partial charge on any atom is 0.274 e. The van der Waals surface area contributed by atoms with Crippen molar-refractivity contribution in [1.29, 1.82) is 0 Å². The Morgan fingerprint density at radius 2 is 1.71 bits per heavy atom. The average Bonchev–Trinajstić information content (AvgIpc) is 2.67. The number of amides is 2. The summed E-state index contributed by atoms with van der Waals surface area (Å²) >= 11 is 6.04. The largest absolute Gasteiger partial charge is 0.331 e. The van der Waals surface area contributed by atoms with Crippen LogP contribution < -0.4 is 5.48 Å². The zero-order chi connectivity index (χ0) is 20.3. The van der Waals surface area contributed by atoms with Crippen molar-refractivity contribution in [3.8, 4) is 0 Å². The van der Waals surface area contributed by atoms with Crippen LogP contribution in [-0.2, 0) is 6.54 Å². The van der Waals surface area contributed by atoms with Gasteiger partial charge < -0.3 is 4.90 Å². The summed E-state index contributed by atoms with van der Waals surface area (Å²) in [4.78, 5) is 28.6. The summed E-state index contributed by atoms with van der Waals surface area (Å²) in [5.41, 5.74) is 3.72. The molecule has 2 unspecified atom stereocenters. The molecule has 0 aromatic heterocycles. The monoisotopic (exact) mass is 401 g/mol. The van der Waals surface area contributed by atoms with E-state index in [9.17, 15) is 9.59 Å². The van der Waals surface area contributed by atoms with E-state index in [4.69, 9.17) is 16.8 Å². The molecule has 1 aliphatic heterocycles. The van der Waals surface area contributed by atoms with Gasteiger partial charge in [0.25, 0.3) is 11.8 Å². The van der Waals surface area contributed by atoms with E-state index in [-0.39, 0.29) is 18.0 Å². The van der Waals surface area contributed by atoms with Crippen LogP contribution in [0.2, 0.25) is 5.02 Å². The highest BCUT2D eigenvalue weighted by molar-refractivity contribution is 6.30. The van der Waals surface area contributed by atoms with Crippen molar-refractivity contribution in [3.63, 3.8) is 0 Å². The number of halogens is 1. The van der Waals surface area contributed by atoms with Crippen molar-refractivity contribution < 1.29 is 14.8 Å². The molecule has 148 valence electrons. The van der Waals surface area contributed by atoms with E-state index in [1.807, 2.05) is 17.0 Å². The Morgan fingerprint density at radius 1 is 1.07 bits per heavy atom. The third kappa shape index (κ3) is 4.52. The predicted octanol–water partition coefficient (Wildman–Crippen LogP) is 3.19. The van der Waals surface area contributed by atoms with Crippen LogP contribution in [0.5, 0.6) is 0 Å². The molecule has 1 fully saturated rings. The van der Waals surface area contributed by atoms with Crippen LogP contribution in [0.3, 0.4) is 0 Å². The molecule has 1 aliphatic rings. The molecule has 2 aromatic rings. The highest BCUT2D eigenvalue weighted by Gasteiger charge is 2.33. The van der Waals surface area contributed by atoms with E-state index in [2.05, 4.69) is 18.7 Å². The third-order valence-corrected chi connectivity index (χ3v) is 5.26. The molecule has 1 heterocycles. The summed E-state index contributed by atoms with van der Waals surface area (Å²) in [6, 6.07) is 14.3. The van der Waals surface area contributed by atoms with Crippen molar-refractivity contribution in [1.82, 2.24) is 15.3 Å². The molecule has 2 N–H and O–H groups in total. The normalized spacial score (nSPS) is 20.1. The van der Waals surface area contributed by atoms with Gasteiger partial charge in [0.05, 0.1) is 0 Å². The highest BCUT2D eigenvalue weighted by Crippen LogP contribution is 2.22. The van der Waals surface area contributed by atoms with Gasteiger partial charge >= 0.3 is 0 Å². The Bertz CT molecular complexity index is 844. The van der Waals surface area contributed by atoms with Crippen LogP contribution in [0.25, 0.3) is 0 Å². The van der Waals surface area contributed by atoms with Gasteiger partial charge in [-0.15, -0.1) is 0 Å². The van der Waals surface area contributed by atoms with Crippen molar-refractivity contribution in [3.05, 3.63) is 70.2 Å². The fraction of sp³-hybridized carbons (Fsp3) is 0.333. The maximum absolute atomic E-state index is 13.0. The van der Waals surface area contributed by atoms with Gasteiger partial charge in [-0.25, -0.2) is 5.48 Å². The molecule has 7 heteroatoms. The third-order valence-electron chi connectivity index (χ3n) is 5.02. The first kappa shape index (κ1) is 20.3. The molecule has 2 aromatic carbocycles. The second kappa shape index (κ2) is 8.73. The van der Waals surface area contributed by atoms with E-state index in [0.29, 0.717) is 16.1 Å². The number of carbonyl (C=O) groups is 2. The van der Waals surface area contributed by atoms with E-state index < -0.39 is 5.91 Å². The quantitative estimate of drug-likeness (QED) is 0.609. The van der Waals surface area contributed by atoms with Crippen LogP contribution in [0.1, 0.15) is 40.1 Å². The number of benzene rings is 2. The zero-order valence-electron chi connectivity index (χ0n) is 15.9. The first-order chi connectivity index (χ1) is 13.4. The second-order valence-electron chi connectivity index (χ2n) is 7.25. The second-order valence-corrected chi connectivity index (χ2v) is 7.69. The summed E-state index contributed by atoms with van der Waals surface area (Å²) in [7, 11) is 0. The van der Waals surface area contributed by atoms with Crippen LogP contribution in [0.15, 0.2) is 48.5 Å². The Kier molecular flexibility index (Phi) is 6.34. The zero-order valence-corrected chi connectivity index (χ0v) is 16.7. The average molecular weight is 402 g/mol. The maximum atomic E-state index is 13.0. The molecule has 2 atom stereocenters. The summed E-state index contributed by atoms with van der Waals surface area (Å²) in [5.74, 6) is -0.525. The standard InChI is InChI=1S/C21H24ClN3O3/c1-14-11-24(13-16-6-8-17(9-7-16)20(26)23-28)12-15(2)25(14)21(27)18-4-3-5-19(22)10-18/h3-10,14-15,28H,11-13H2,1-2H3,(H,23,26). The van der Waals surface area contributed by atoms with Gasteiger partial charge in [-0.2, -0.15) is 0 Å². The van der Waals surface area contributed by atoms with Gasteiger partial charge in [0, 0.05) is 47.9 Å². The lowest BCUT2D eigenvalue weighted by molar-refractivity contribution is 0.0268. The Balaban J connectivity index is 1.66. The SMILES string of the molecule is CC1CN(Cc2ccc(C(=O)NO)cc2)CC(C)N1C(=O)c1cccc(Cl)c1. The van der Waals surface area contributed by atoms with Gasteiger partial charge in [0.2, 0.25) is 0 Å². The molecule has 0 spiro atoms. The molecule has 0 saturated carbocycles. The van der Waals surface area contributed by atoms with Crippen LogP contribution in [-0.4, -0.2) is 52.0 Å². The van der Waals surface area contributed by atoms with Crippen molar-refractivity contribution in [2.75, 3.05) is 13.1 Å². The van der Waals surface area contributed by atoms with Gasteiger partial charge in [0.15, 0.2) is 0 Å². The van der Waals surface area contributed by atoms with Crippen molar-refractivity contribution >= 4 is 23.4 Å². The van der Waals surface area contributed by atoms with E-state index in [0.717, 1.165) is 25.2 Å². The molecule has 2 amide bonds. The molecule has 28 heavy (non-hydrogen) atoms. The minimum absolute atomic E-state index is 0.00141. The number of piperazine rings is 1. The van der Waals surface area contributed by atoms with Crippen molar-refractivity contribution in [2.45, 2.75) is 32.5 Å². The predicted molar refractivity (Wildman–Crippen MR) is 108 cm³/mol. The minimum Gasteiger partial charge on any atom is -0.331 e. The molecule has 0 aliphatic carbocycles. The van der Waals surface area contributed by atoms with E-state index in [1.54, 1.807) is 41.9 Å². The fourth-order valence-corrected chi connectivity index (χ4v) is 4.01. The lowest BCUT2D eigenvalue weighted by Gasteiger charge is -2.44. The van der Waals surface area contributed by atoms with Crippen LogP contribution in [0.4, 0.5) is 0 Å². The van der Waals surface area contributed by atoms with Gasteiger partial charge in [-0.05, 0) is 49.7 Å². The number of hydroxylamine groups is 1. The first-order valence-electron chi connectivity index (χ1n) is 9.23. The summed E-state index contributed by atoms with van der Waals surface area (Å²) < 4.78 is 0. The number of nitrogens with zero attached hydrogens (tertiary/aromatic N) is 2.